The molecule has 0 spiro atoms. The summed E-state index contributed by atoms with van der Waals surface area (Å²) in [6.45, 7) is 2.75. The largest absolute Gasteiger partial charge is 0.486 e. The Morgan fingerprint density at radius 3 is 2.57 bits per heavy atom. The number of rotatable bonds is 4. The quantitative estimate of drug-likeness (QED) is 0.883. The lowest BCUT2D eigenvalue weighted by Gasteiger charge is -2.20. The third-order valence-corrected chi connectivity index (χ3v) is 3.84. The molecule has 2 aromatic carbocycles. The molecule has 0 radical (unpaired) electrons. The first-order chi connectivity index (χ1) is 11.1. The second kappa shape index (κ2) is 6.91. The van der Waals surface area contributed by atoms with Gasteiger partial charge in [-0.1, -0.05) is 15.9 Å². The third kappa shape index (κ3) is 3.96. The molecule has 5 nitrogen and oxygen atoms in total. The fourth-order valence-electron chi connectivity index (χ4n) is 2.13. The second-order valence-corrected chi connectivity index (χ2v) is 5.98. The molecule has 1 heterocycles. The minimum atomic E-state index is -0.638. The Labute approximate surface area is 142 Å². The summed E-state index contributed by atoms with van der Waals surface area (Å²) in [5.41, 5.74) is 0.718. The normalized spacial score (nSPS) is 14.0. The van der Waals surface area contributed by atoms with Crippen LogP contribution in [-0.4, -0.2) is 25.2 Å². The van der Waals surface area contributed by atoms with Crippen molar-refractivity contribution in [3.05, 3.63) is 46.9 Å². The molecule has 120 valence electrons. The van der Waals surface area contributed by atoms with Crippen LogP contribution in [0, 0.1) is 0 Å². The van der Waals surface area contributed by atoms with E-state index in [1.807, 2.05) is 24.3 Å². The lowest BCUT2D eigenvalue weighted by molar-refractivity contribution is -0.122. The van der Waals surface area contributed by atoms with E-state index in [1.165, 1.54) is 0 Å². The maximum absolute atomic E-state index is 12.2. The lowest BCUT2D eigenvalue weighted by atomic mass is 10.2. The van der Waals surface area contributed by atoms with Crippen molar-refractivity contribution in [3.63, 3.8) is 0 Å². The van der Waals surface area contributed by atoms with E-state index in [2.05, 4.69) is 21.2 Å². The van der Waals surface area contributed by atoms with Crippen LogP contribution in [0.4, 0.5) is 5.69 Å². The number of amides is 1. The van der Waals surface area contributed by atoms with Crippen LogP contribution in [0.25, 0.3) is 0 Å². The third-order valence-electron chi connectivity index (χ3n) is 3.31. The van der Waals surface area contributed by atoms with Crippen LogP contribution in [0.5, 0.6) is 17.2 Å². The average Bonchev–Trinajstić information content (AvgIpc) is 2.56. The van der Waals surface area contributed by atoms with Gasteiger partial charge in [0.2, 0.25) is 0 Å². The first kappa shape index (κ1) is 15.7. The molecular formula is C17H16BrNO4. The number of benzene rings is 2. The zero-order chi connectivity index (χ0) is 16.2. The minimum Gasteiger partial charge on any atom is -0.486 e. The summed E-state index contributed by atoms with van der Waals surface area (Å²) in [4.78, 5) is 12.2. The summed E-state index contributed by atoms with van der Waals surface area (Å²) in [5, 5.41) is 2.81. The van der Waals surface area contributed by atoms with Crippen LogP contribution in [0.2, 0.25) is 0 Å². The van der Waals surface area contributed by atoms with Crippen molar-refractivity contribution in [1.29, 1.82) is 0 Å². The average molecular weight is 378 g/mol. The molecule has 0 aliphatic carbocycles. The van der Waals surface area contributed by atoms with Crippen LogP contribution in [-0.2, 0) is 4.79 Å². The number of anilines is 1. The predicted octanol–water partition coefficient (Wildman–Crippen LogP) is 3.63. The van der Waals surface area contributed by atoms with E-state index >= 15 is 0 Å². The number of fused-ring (bicyclic) bond motifs is 1. The molecule has 1 atom stereocenters. The fraction of sp³-hybridized carbons (Fsp3) is 0.235. The second-order valence-electron chi connectivity index (χ2n) is 5.06. The SMILES string of the molecule is CC(Oc1ccc2c(c1)OCCO2)C(=O)Nc1ccc(Br)cc1. The zero-order valence-corrected chi connectivity index (χ0v) is 14.1. The van der Waals surface area contributed by atoms with Crippen molar-refractivity contribution >= 4 is 27.5 Å². The van der Waals surface area contributed by atoms with Gasteiger partial charge in [0, 0.05) is 16.2 Å². The first-order valence-corrected chi connectivity index (χ1v) is 8.04. The number of hydrogen-bond acceptors (Lipinski definition) is 4. The number of hydrogen-bond donors (Lipinski definition) is 1. The van der Waals surface area contributed by atoms with Gasteiger partial charge in [0.15, 0.2) is 17.6 Å². The number of nitrogens with one attached hydrogen (secondary N) is 1. The molecule has 1 N–H and O–H groups in total. The fourth-order valence-corrected chi connectivity index (χ4v) is 2.40. The number of ether oxygens (including phenoxy) is 3. The number of halogens is 1. The highest BCUT2D eigenvalue weighted by molar-refractivity contribution is 9.10. The highest BCUT2D eigenvalue weighted by Gasteiger charge is 2.17. The van der Waals surface area contributed by atoms with Gasteiger partial charge in [0.25, 0.3) is 5.91 Å². The van der Waals surface area contributed by atoms with E-state index in [-0.39, 0.29) is 5.91 Å². The van der Waals surface area contributed by atoms with Gasteiger partial charge in [0.1, 0.15) is 19.0 Å². The summed E-state index contributed by atoms with van der Waals surface area (Å²) in [7, 11) is 0. The van der Waals surface area contributed by atoms with Crippen molar-refractivity contribution in [2.75, 3.05) is 18.5 Å². The molecule has 0 saturated carbocycles. The lowest BCUT2D eigenvalue weighted by Crippen LogP contribution is -2.30. The van der Waals surface area contributed by atoms with Crippen LogP contribution in [0.3, 0.4) is 0 Å². The molecule has 1 amide bonds. The van der Waals surface area contributed by atoms with Crippen molar-refractivity contribution in [2.24, 2.45) is 0 Å². The van der Waals surface area contributed by atoms with Crippen molar-refractivity contribution < 1.29 is 19.0 Å². The summed E-state index contributed by atoms with van der Waals surface area (Å²) < 4.78 is 17.6. The van der Waals surface area contributed by atoms with Crippen molar-refractivity contribution in [1.82, 2.24) is 0 Å². The molecule has 0 fully saturated rings. The Bertz CT molecular complexity index is 702. The number of carbonyl (C=O) groups is 1. The Morgan fingerprint density at radius 2 is 1.83 bits per heavy atom. The highest BCUT2D eigenvalue weighted by Crippen LogP contribution is 2.33. The van der Waals surface area contributed by atoms with Gasteiger partial charge in [0.05, 0.1) is 0 Å². The molecular weight excluding hydrogens is 362 g/mol. The molecule has 3 rings (SSSR count). The number of carbonyl (C=O) groups excluding carboxylic acids is 1. The topological polar surface area (TPSA) is 56.8 Å². The van der Waals surface area contributed by atoms with Gasteiger partial charge >= 0.3 is 0 Å². The standard InChI is InChI=1S/C17H16BrNO4/c1-11(17(20)19-13-4-2-12(18)3-5-13)23-14-6-7-15-16(10-14)22-9-8-21-15/h2-7,10-11H,8-9H2,1H3,(H,19,20). The van der Waals surface area contributed by atoms with Gasteiger partial charge in [-0.05, 0) is 43.3 Å². The Hall–Kier alpha value is -2.21. The van der Waals surface area contributed by atoms with Gasteiger partial charge < -0.3 is 19.5 Å². The molecule has 2 aromatic rings. The van der Waals surface area contributed by atoms with Crippen molar-refractivity contribution in [3.8, 4) is 17.2 Å². The summed E-state index contributed by atoms with van der Waals surface area (Å²) >= 11 is 3.36. The maximum Gasteiger partial charge on any atom is 0.265 e. The molecule has 0 aromatic heterocycles. The summed E-state index contributed by atoms with van der Waals surface area (Å²) in [5.74, 6) is 1.67. The van der Waals surface area contributed by atoms with Crippen LogP contribution in [0.15, 0.2) is 46.9 Å². The van der Waals surface area contributed by atoms with Crippen LogP contribution < -0.4 is 19.5 Å². The van der Waals surface area contributed by atoms with E-state index in [1.54, 1.807) is 25.1 Å². The molecule has 23 heavy (non-hydrogen) atoms. The molecule has 1 aliphatic heterocycles. The molecule has 0 bridgehead atoms. The van der Waals surface area contributed by atoms with E-state index in [0.717, 1.165) is 10.2 Å². The Balaban J connectivity index is 1.62. The van der Waals surface area contributed by atoms with Gasteiger partial charge in [-0.25, -0.2) is 0 Å². The van der Waals surface area contributed by atoms with Crippen LogP contribution in [0.1, 0.15) is 6.92 Å². The molecule has 0 saturated heterocycles. The first-order valence-electron chi connectivity index (χ1n) is 7.24. The monoisotopic (exact) mass is 377 g/mol. The van der Waals surface area contributed by atoms with Crippen molar-refractivity contribution in [2.45, 2.75) is 13.0 Å². The van der Waals surface area contributed by atoms with Gasteiger partial charge in [-0.2, -0.15) is 0 Å². The Kier molecular flexibility index (Phi) is 4.71. The van der Waals surface area contributed by atoms with Crippen LogP contribution >= 0.6 is 15.9 Å². The van der Waals surface area contributed by atoms with E-state index < -0.39 is 6.10 Å². The van der Waals surface area contributed by atoms with Gasteiger partial charge in [-0.15, -0.1) is 0 Å². The van der Waals surface area contributed by atoms with E-state index in [9.17, 15) is 4.79 Å². The molecule has 6 heteroatoms. The highest BCUT2D eigenvalue weighted by atomic mass is 79.9. The minimum absolute atomic E-state index is 0.220. The predicted molar refractivity (Wildman–Crippen MR) is 90.3 cm³/mol. The zero-order valence-electron chi connectivity index (χ0n) is 12.5. The summed E-state index contributed by atoms with van der Waals surface area (Å²) in [6, 6.07) is 12.6. The summed E-state index contributed by atoms with van der Waals surface area (Å²) in [6.07, 6.45) is -0.638. The maximum atomic E-state index is 12.2. The van der Waals surface area contributed by atoms with Gasteiger partial charge in [-0.3, -0.25) is 4.79 Å². The van der Waals surface area contributed by atoms with E-state index in [0.29, 0.717) is 30.5 Å². The smallest absolute Gasteiger partial charge is 0.265 e. The molecule has 1 unspecified atom stereocenters. The van der Waals surface area contributed by atoms with E-state index in [4.69, 9.17) is 14.2 Å². The Morgan fingerprint density at radius 1 is 1.13 bits per heavy atom. The molecule has 1 aliphatic rings.